The molecule has 2 heterocycles. The predicted molar refractivity (Wildman–Crippen MR) is 59.3 cm³/mol. The SMILES string of the molecule is CC(C)C1=CN2N=CCCN=C2C=C1. The van der Waals surface area contributed by atoms with Gasteiger partial charge in [0.2, 0.25) is 0 Å². The summed E-state index contributed by atoms with van der Waals surface area (Å²) in [4.78, 5) is 4.43. The second-order valence-electron chi connectivity index (χ2n) is 3.79. The number of hydrogen-bond acceptors (Lipinski definition) is 3. The smallest absolute Gasteiger partial charge is 0.148 e. The molecule has 74 valence electrons. The van der Waals surface area contributed by atoms with Crippen LogP contribution in [0.25, 0.3) is 0 Å². The van der Waals surface area contributed by atoms with Crippen LogP contribution < -0.4 is 0 Å². The fourth-order valence-electron chi connectivity index (χ4n) is 1.44. The van der Waals surface area contributed by atoms with Gasteiger partial charge in [0.1, 0.15) is 5.84 Å². The molecule has 0 N–H and O–H groups in total. The molecule has 0 atom stereocenters. The van der Waals surface area contributed by atoms with E-state index in [2.05, 4.69) is 36.2 Å². The Balaban J connectivity index is 2.28. The van der Waals surface area contributed by atoms with Crippen molar-refractivity contribution in [1.82, 2.24) is 5.01 Å². The molecule has 0 saturated heterocycles. The molecular weight excluding hydrogens is 174 g/mol. The van der Waals surface area contributed by atoms with E-state index in [1.165, 1.54) is 5.57 Å². The van der Waals surface area contributed by atoms with Crippen LogP contribution in [0.1, 0.15) is 20.3 Å². The molecule has 0 bridgehead atoms. The van der Waals surface area contributed by atoms with Crippen molar-refractivity contribution in [3.63, 3.8) is 0 Å². The third-order valence-electron chi connectivity index (χ3n) is 2.34. The van der Waals surface area contributed by atoms with Crippen LogP contribution in [-0.2, 0) is 0 Å². The van der Waals surface area contributed by atoms with Crippen molar-refractivity contribution in [2.24, 2.45) is 16.0 Å². The lowest BCUT2D eigenvalue weighted by atomic mass is 10.0. The monoisotopic (exact) mass is 189 g/mol. The fraction of sp³-hybridized carbons (Fsp3) is 0.455. The minimum atomic E-state index is 0.534. The lowest BCUT2D eigenvalue weighted by Gasteiger charge is -2.20. The molecule has 3 heteroatoms. The van der Waals surface area contributed by atoms with Gasteiger partial charge in [-0.1, -0.05) is 19.9 Å². The van der Waals surface area contributed by atoms with E-state index in [9.17, 15) is 0 Å². The average molecular weight is 189 g/mol. The Labute approximate surface area is 84.5 Å². The van der Waals surface area contributed by atoms with Crippen LogP contribution >= 0.6 is 0 Å². The summed E-state index contributed by atoms with van der Waals surface area (Å²) in [5.74, 6) is 1.48. The molecule has 0 aromatic carbocycles. The predicted octanol–water partition coefficient (Wildman–Crippen LogP) is 2.19. The van der Waals surface area contributed by atoms with E-state index < -0.39 is 0 Å². The van der Waals surface area contributed by atoms with E-state index in [0.29, 0.717) is 5.92 Å². The normalized spacial score (nSPS) is 20.4. The molecule has 2 aliphatic rings. The third-order valence-corrected chi connectivity index (χ3v) is 2.34. The highest BCUT2D eigenvalue weighted by Crippen LogP contribution is 2.18. The highest BCUT2D eigenvalue weighted by molar-refractivity contribution is 5.96. The van der Waals surface area contributed by atoms with Crippen LogP contribution in [0, 0.1) is 5.92 Å². The summed E-state index contributed by atoms with van der Waals surface area (Å²) in [7, 11) is 0. The zero-order chi connectivity index (χ0) is 9.97. The molecule has 0 fully saturated rings. The average Bonchev–Trinajstić information content (AvgIpc) is 2.41. The second kappa shape index (κ2) is 3.78. The summed E-state index contributed by atoms with van der Waals surface area (Å²) >= 11 is 0. The minimum Gasteiger partial charge on any atom is -0.266 e. The summed E-state index contributed by atoms with van der Waals surface area (Å²) in [6.07, 6.45) is 9.08. The molecule has 0 saturated carbocycles. The van der Waals surface area contributed by atoms with Crippen LogP contribution in [-0.4, -0.2) is 23.6 Å². The number of rotatable bonds is 1. The van der Waals surface area contributed by atoms with Crippen molar-refractivity contribution in [1.29, 1.82) is 0 Å². The van der Waals surface area contributed by atoms with Gasteiger partial charge in [-0.15, -0.1) is 0 Å². The van der Waals surface area contributed by atoms with Crippen molar-refractivity contribution in [3.8, 4) is 0 Å². The van der Waals surface area contributed by atoms with Crippen molar-refractivity contribution in [2.45, 2.75) is 20.3 Å². The quantitative estimate of drug-likeness (QED) is 0.621. The van der Waals surface area contributed by atoms with Gasteiger partial charge < -0.3 is 0 Å². The van der Waals surface area contributed by atoms with Gasteiger partial charge in [0.15, 0.2) is 0 Å². The number of allylic oxidation sites excluding steroid dienone is 2. The summed E-state index contributed by atoms with van der Waals surface area (Å²) in [6, 6.07) is 0. The Bertz CT molecular complexity index is 334. The Morgan fingerprint density at radius 2 is 2.21 bits per heavy atom. The van der Waals surface area contributed by atoms with Crippen LogP contribution in [0.2, 0.25) is 0 Å². The standard InChI is InChI=1S/C11H15N3/c1-9(2)10-4-5-11-12-6-3-7-13-14(11)8-10/h4-5,7-9H,3,6H2,1-2H3. The van der Waals surface area contributed by atoms with E-state index in [1.807, 2.05) is 17.3 Å². The van der Waals surface area contributed by atoms with Crippen molar-refractivity contribution < 1.29 is 0 Å². The maximum atomic E-state index is 4.43. The minimum absolute atomic E-state index is 0.534. The molecular formula is C11H15N3. The second-order valence-corrected chi connectivity index (χ2v) is 3.79. The van der Waals surface area contributed by atoms with E-state index in [-0.39, 0.29) is 0 Å². The molecule has 0 aromatic rings. The van der Waals surface area contributed by atoms with Crippen LogP contribution in [0.3, 0.4) is 0 Å². The Kier molecular flexibility index (Phi) is 2.48. The molecule has 2 aliphatic heterocycles. The van der Waals surface area contributed by atoms with Gasteiger partial charge in [-0.3, -0.25) is 4.99 Å². The van der Waals surface area contributed by atoms with E-state index in [1.54, 1.807) is 0 Å². The molecule has 2 rings (SSSR count). The van der Waals surface area contributed by atoms with Crippen LogP contribution in [0.4, 0.5) is 0 Å². The first-order chi connectivity index (χ1) is 6.77. The molecule has 0 unspecified atom stereocenters. The third kappa shape index (κ3) is 1.76. The number of hydrogen-bond donors (Lipinski definition) is 0. The van der Waals surface area contributed by atoms with Crippen molar-refractivity contribution in [3.05, 3.63) is 23.9 Å². The van der Waals surface area contributed by atoms with Gasteiger partial charge in [-0.2, -0.15) is 5.10 Å². The Hall–Kier alpha value is -1.38. The maximum absolute atomic E-state index is 4.43. The highest BCUT2D eigenvalue weighted by Gasteiger charge is 2.13. The molecule has 14 heavy (non-hydrogen) atoms. The molecule has 0 aliphatic carbocycles. The summed E-state index contributed by atoms with van der Waals surface area (Å²) in [5.41, 5.74) is 1.29. The fourth-order valence-corrected chi connectivity index (χ4v) is 1.44. The lowest BCUT2D eigenvalue weighted by Crippen LogP contribution is -2.21. The van der Waals surface area contributed by atoms with E-state index >= 15 is 0 Å². The topological polar surface area (TPSA) is 28.0 Å². The number of aliphatic imine (C=N–C) groups is 1. The van der Waals surface area contributed by atoms with Gasteiger partial charge in [-0.05, 0) is 17.6 Å². The Morgan fingerprint density at radius 1 is 1.36 bits per heavy atom. The largest absolute Gasteiger partial charge is 0.266 e. The lowest BCUT2D eigenvalue weighted by molar-refractivity contribution is 0.587. The van der Waals surface area contributed by atoms with Gasteiger partial charge in [0, 0.05) is 25.4 Å². The molecule has 0 amide bonds. The van der Waals surface area contributed by atoms with Gasteiger partial charge in [0.25, 0.3) is 0 Å². The van der Waals surface area contributed by atoms with E-state index in [0.717, 1.165) is 18.8 Å². The maximum Gasteiger partial charge on any atom is 0.148 e. The Morgan fingerprint density at radius 3 is 3.00 bits per heavy atom. The van der Waals surface area contributed by atoms with Crippen molar-refractivity contribution >= 4 is 12.1 Å². The van der Waals surface area contributed by atoms with Crippen LogP contribution in [0.15, 0.2) is 34.0 Å². The van der Waals surface area contributed by atoms with Crippen LogP contribution in [0.5, 0.6) is 0 Å². The number of amidine groups is 1. The van der Waals surface area contributed by atoms with Crippen molar-refractivity contribution in [2.75, 3.05) is 6.54 Å². The van der Waals surface area contributed by atoms with Gasteiger partial charge >= 0.3 is 0 Å². The molecule has 0 radical (unpaired) electrons. The first-order valence-corrected chi connectivity index (χ1v) is 5.03. The number of nitrogens with zero attached hydrogens (tertiary/aromatic N) is 3. The summed E-state index contributed by atoms with van der Waals surface area (Å²) in [6.45, 7) is 5.20. The summed E-state index contributed by atoms with van der Waals surface area (Å²) in [5, 5.41) is 6.19. The number of fused-ring (bicyclic) bond motifs is 1. The number of hydrazone groups is 1. The zero-order valence-electron chi connectivity index (χ0n) is 8.64. The highest BCUT2D eigenvalue weighted by atomic mass is 15.5. The van der Waals surface area contributed by atoms with E-state index in [4.69, 9.17) is 0 Å². The first kappa shape index (κ1) is 9.19. The van der Waals surface area contributed by atoms with Gasteiger partial charge in [0.05, 0.1) is 0 Å². The molecule has 0 aromatic heterocycles. The zero-order valence-corrected chi connectivity index (χ0v) is 8.64. The molecule has 0 spiro atoms. The van der Waals surface area contributed by atoms with Gasteiger partial charge in [-0.25, -0.2) is 5.01 Å². The first-order valence-electron chi connectivity index (χ1n) is 5.03. The summed E-state index contributed by atoms with van der Waals surface area (Å²) < 4.78 is 0. The molecule has 3 nitrogen and oxygen atoms in total.